The van der Waals surface area contributed by atoms with Gasteiger partial charge in [-0.25, -0.2) is 18.6 Å². The summed E-state index contributed by atoms with van der Waals surface area (Å²) >= 11 is 0. The zero-order chi connectivity index (χ0) is 36.6. The number of anilines is 3. The van der Waals surface area contributed by atoms with Gasteiger partial charge in [0.15, 0.2) is 5.82 Å². The number of aromatic nitrogens is 4. The van der Waals surface area contributed by atoms with Gasteiger partial charge in [0.1, 0.15) is 36.1 Å². The van der Waals surface area contributed by atoms with Gasteiger partial charge >= 0.3 is 5.97 Å². The summed E-state index contributed by atoms with van der Waals surface area (Å²) in [5.74, 6) is -3.92. The SMILES string of the molecule is CC(COC(=O)c1cc(NC(=O)c2ccccc2)ccc1F)n1cnnc1-c1cccc(NC(=O)c2cc(NC(=O)c3ccccc3)ccc2F)n1. The lowest BCUT2D eigenvalue weighted by Gasteiger charge is -2.16. The number of halogens is 2. The molecule has 0 fully saturated rings. The average molecular weight is 702 g/mol. The first-order valence-electron chi connectivity index (χ1n) is 15.8. The number of hydrogen-bond acceptors (Lipinski definition) is 8. The van der Waals surface area contributed by atoms with Crippen LogP contribution < -0.4 is 16.0 Å². The molecule has 52 heavy (non-hydrogen) atoms. The van der Waals surface area contributed by atoms with Gasteiger partial charge in [0.25, 0.3) is 17.7 Å². The summed E-state index contributed by atoms with van der Waals surface area (Å²) in [5.41, 5.74) is 0.803. The number of nitrogens with zero attached hydrogens (tertiary/aromatic N) is 4. The Morgan fingerprint density at radius 2 is 1.27 bits per heavy atom. The van der Waals surface area contributed by atoms with Crippen molar-refractivity contribution in [2.75, 3.05) is 22.6 Å². The molecule has 0 aliphatic heterocycles. The summed E-state index contributed by atoms with van der Waals surface area (Å²) in [6, 6.07) is 28.2. The minimum atomic E-state index is -0.950. The highest BCUT2D eigenvalue weighted by molar-refractivity contribution is 6.07. The van der Waals surface area contributed by atoms with E-state index in [2.05, 4.69) is 31.1 Å². The molecule has 0 aliphatic carbocycles. The first-order valence-corrected chi connectivity index (χ1v) is 15.8. The van der Waals surface area contributed by atoms with Crippen LogP contribution in [0.1, 0.15) is 54.4 Å². The number of carbonyl (C=O) groups excluding carboxylic acids is 4. The van der Waals surface area contributed by atoms with Crippen molar-refractivity contribution in [3.05, 3.63) is 155 Å². The number of benzene rings is 4. The van der Waals surface area contributed by atoms with Gasteiger partial charge in [-0.05, 0) is 79.7 Å². The van der Waals surface area contributed by atoms with Gasteiger partial charge in [0.05, 0.1) is 17.2 Å². The van der Waals surface area contributed by atoms with Crippen molar-refractivity contribution in [1.29, 1.82) is 0 Å². The Morgan fingerprint density at radius 3 is 1.88 bits per heavy atom. The van der Waals surface area contributed by atoms with E-state index in [-0.39, 0.29) is 46.4 Å². The standard InChI is InChI=1S/C38H29F2N7O5/c1-23(21-52-38(51)29-20-27(16-18-31(29)40)43-36(49)25-11-6-3-7-12-25)47-22-41-46-34(47)32-13-8-14-33(44-32)45-37(50)28-19-26(15-17-30(28)39)42-35(48)24-9-4-2-5-10-24/h2-20,22-23H,21H2,1H3,(H,42,48)(H,43,49)(H,44,45,50). The van der Waals surface area contributed by atoms with Crippen LogP contribution in [-0.2, 0) is 4.74 Å². The third-order valence-electron chi connectivity index (χ3n) is 7.71. The molecule has 0 bridgehead atoms. The Bertz CT molecular complexity index is 2270. The number of amides is 3. The fourth-order valence-corrected chi connectivity index (χ4v) is 5.04. The maximum atomic E-state index is 14.7. The fourth-order valence-electron chi connectivity index (χ4n) is 5.04. The van der Waals surface area contributed by atoms with E-state index >= 15 is 0 Å². The van der Waals surface area contributed by atoms with Crippen LogP contribution in [0.15, 0.2) is 122 Å². The maximum absolute atomic E-state index is 14.7. The van der Waals surface area contributed by atoms with Crippen molar-refractivity contribution in [3.8, 4) is 11.5 Å². The summed E-state index contributed by atoms with van der Waals surface area (Å²) in [4.78, 5) is 55.5. The second kappa shape index (κ2) is 15.6. The highest BCUT2D eigenvalue weighted by Gasteiger charge is 2.21. The topological polar surface area (TPSA) is 157 Å². The molecule has 14 heteroatoms. The fraction of sp³-hybridized carbons (Fsp3) is 0.0789. The van der Waals surface area contributed by atoms with Crippen LogP contribution in [0.5, 0.6) is 0 Å². The number of hydrogen-bond donors (Lipinski definition) is 3. The molecule has 1 atom stereocenters. The number of pyridine rings is 1. The lowest BCUT2D eigenvalue weighted by molar-refractivity contribution is 0.0450. The van der Waals surface area contributed by atoms with Gasteiger partial charge in [0.2, 0.25) is 0 Å². The van der Waals surface area contributed by atoms with Gasteiger partial charge in [-0.15, -0.1) is 10.2 Å². The van der Waals surface area contributed by atoms with E-state index in [1.54, 1.807) is 84.3 Å². The lowest BCUT2D eigenvalue weighted by Crippen LogP contribution is -2.18. The summed E-state index contributed by atoms with van der Waals surface area (Å²) in [5, 5.41) is 15.9. The number of carbonyl (C=O) groups is 4. The highest BCUT2D eigenvalue weighted by Crippen LogP contribution is 2.23. The van der Waals surface area contributed by atoms with Crippen molar-refractivity contribution >= 4 is 40.9 Å². The first kappa shape index (κ1) is 34.8. The number of esters is 1. The minimum absolute atomic E-state index is 0.0731. The van der Waals surface area contributed by atoms with E-state index in [0.29, 0.717) is 11.1 Å². The van der Waals surface area contributed by atoms with Gasteiger partial charge in [-0.1, -0.05) is 42.5 Å². The van der Waals surface area contributed by atoms with Gasteiger partial charge < -0.3 is 25.3 Å². The largest absolute Gasteiger partial charge is 0.460 e. The van der Waals surface area contributed by atoms with Crippen LogP contribution in [0.25, 0.3) is 11.5 Å². The lowest BCUT2D eigenvalue weighted by atomic mass is 10.1. The Hall–Kier alpha value is -7.09. The Labute approximate surface area is 295 Å². The van der Waals surface area contributed by atoms with Gasteiger partial charge in [0, 0.05) is 22.5 Å². The zero-order valence-electron chi connectivity index (χ0n) is 27.4. The molecule has 0 radical (unpaired) electrons. The van der Waals surface area contributed by atoms with Gasteiger partial charge in [-0.2, -0.15) is 0 Å². The van der Waals surface area contributed by atoms with Crippen LogP contribution in [0.3, 0.4) is 0 Å². The van der Waals surface area contributed by atoms with E-state index in [4.69, 9.17) is 4.74 Å². The van der Waals surface area contributed by atoms with Crippen molar-refractivity contribution in [3.63, 3.8) is 0 Å². The monoisotopic (exact) mass is 701 g/mol. The number of rotatable bonds is 11. The minimum Gasteiger partial charge on any atom is -0.460 e. The van der Waals surface area contributed by atoms with E-state index in [1.807, 2.05) is 0 Å². The van der Waals surface area contributed by atoms with Crippen molar-refractivity contribution < 1.29 is 32.7 Å². The molecule has 1 unspecified atom stereocenters. The summed E-state index contributed by atoms with van der Waals surface area (Å²) in [6.07, 6.45) is 1.39. The average Bonchev–Trinajstić information content (AvgIpc) is 3.66. The molecule has 3 N–H and O–H groups in total. The molecule has 6 rings (SSSR count). The molecule has 0 spiro atoms. The van der Waals surface area contributed by atoms with Crippen molar-refractivity contribution in [2.45, 2.75) is 13.0 Å². The van der Waals surface area contributed by atoms with Crippen LogP contribution in [0.4, 0.5) is 26.0 Å². The van der Waals surface area contributed by atoms with E-state index in [1.165, 1.54) is 36.7 Å². The highest BCUT2D eigenvalue weighted by atomic mass is 19.1. The van der Waals surface area contributed by atoms with E-state index in [0.717, 1.165) is 12.1 Å². The molecule has 12 nitrogen and oxygen atoms in total. The third kappa shape index (κ3) is 8.19. The zero-order valence-corrected chi connectivity index (χ0v) is 27.4. The summed E-state index contributed by atoms with van der Waals surface area (Å²) in [6.45, 7) is 1.50. The molecular weight excluding hydrogens is 672 g/mol. The second-order valence-electron chi connectivity index (χ2n) is 11.4. The van der Waals surface area contributed by atoms with E-state index in [9.17, 15) is 28.0 Å². The molecular formula is C38H29F2N7O5. The quantitative estimate of drug-likeness (QED) is 0.125. The molecule has 260 valence electrons. The second-order valence-corrected chi connectivity index (χ2v) is 11.4. The smallest absolute Gasteiger partial charge is 0.341 e. The molecule has 2 heterocycles. The van der Waals surface area contributed by atoms with Crippen LogP contribution >= 0.6 is 0 Å². The first-order chi connectivity index (χ1) is 25.2. The molecule has 6 aromatic rings. The predicted molar refractivity (Wildman–Crippen MR) is 188 cm³/mol. The van der Waals surface area contributed by atoms with Crippen LogP contribution in [0.2, 0.25) is 0 Å². The molecule has 4 aromatic carbocycles. The molecule has 3 amide bonds. The van der Waals surface area contributed by atoms with E-state index < -0.39 is 41.4 Å². The Balaban J connectivity index is 1.10. The normalized spacial score (nSPS) is 11.3. The summed E-state index contributed by atoms with van der Waals surface area (Å²) < 4.78 is 36.4. The Kier molecular flexibility index (Phi) is 10.5. The Morgan fingerprint density at radius 1 is 0.692 bits per heavy atom. The summed E-state index contributed by atoms with van der Waals surface area (Å²) in [7, 11) is 0. The number of nitrogens with one attached hydrogen (secondary N) is 3. The van der Waals surface area contributed by atoms with Crippen LogP contribution in [-0.4, -0.2) is 50.0 Å². The number of ether oxygens (including phenoxy) is 1. The molecule has 0 saturated heterocycles. The van der Waals surface area contributed by atoms with Crippen LogP contribution in [0, 0.1) is 11.6 Å². The molecule has 2 aromatic heterocycles. The van der Waals surface area contributed by atoms with Gasteiger partial charge in [-0.3, -0.25) is 14.4 Å². The third-order valence-corrected chi connectivity index (χ3v) is 7.71. The predicted octanol–water partition coefficient (Wildman–Crippen LogP) is 6.79. The molecule has 0 saturated carbocycles. The van der Waals surface area contributed by atoms with Crippen molar-refractivity contribution in [2.24, 2.45) is 0 Å². The van der Waals surface area contributed by atoms with Crippen molar-refractivity contribution in [1.82, 2.24) is 19.7 Å². The molecule has 0 aliphatic rings. The maximum Gasteiger partial charge on any atom is 0.341 e.